The Balaban J connectivity index is 1.61. The Morgan fingerprint density at radius 1 is 1.00 bits per heavy atom. The van der Waals surface area contributed by atoms with Crippen LogP contribution in [0.15, 0.2) is 53.4 Å². The molecule has 2 aromatic rings. The first-order chi connectivity index (χ1) is 12.7. The molecule has 27 heavy (non-hydrogen) atoms. The van der Waals surface area contributed by atoms with Gasteiger partial charge >= 0.3 is 6.18 Å². The van der Waals surface area contributed by atoms with E-state index in [1.807, 2.05) is 0 Å². The Hall–Kier alpha value is -1.57. The van der Waals surface area contributed by atoms with Crippen molar-refractivity contribution in [2.75, 3.05) is 13.1 Å². The molecule has 1 saturated heterocycles. The van der Waals surface area contributed by atoms with Crippen LogP contribution in [0.5, 0.6) is 0 Å². The summed E-state index contributed by atoms with van der Waals surface area (Å²) in [5.74, 6) is 0.236. The van der Waals surface area contributed by atoms with Crippen molar-refractivity contribution < 1.29 is 21.6 Å². The zero-order chi connectivity index (χ0) is 19.7. The van der Waals surface area contributed by atoms with Gasteiger partial charge in [0, 0.05) is 13.1 Å². The number of sulfonamides is 1. The van der Waals surface area contributed by atoms with Crippen molar-refractivity contribution >= 4 is 21.6 Å². The minimum absolute atomic E-state index is 0.104. The van der Waals surface area contributed by atoms with E-state index in [1.165, 1.54) is 22.5 Å². The number of rotatable bonds is 4. The van der Waals surface area contributed by atoms with E-state index in [4.69, 9.17) is 11.6 Å². The zero-order valence-corrected chi connectivity index (χ0v) is 16.0. The maximum absolute atomic E-state index is 12.7. The van der Waals surface area contributed by atoms with Gasteiger partial charge in [0.25, 0.3) is 0 Å². The van der Waals surface area contributed by atoms with E-state index in [0.29, 0.717) is 32.4 Å². The normalized spacial score (nSPS) is 17.2. The highest BCUT2D eigenvalue weighted by molar-refractivity contribution is 7.89. The molecule has 0 atom stereocenters. The SMILES string of the molecule is O=S(=O)(c1ccccc1Cl)N1CCC(Cc2ccc(C(F)(F)F)cc2)CC1. The van der Waals surface area contributed by atoms with Crippen molar-refractivity contribution in [2.45, 2.75) is 30.3 Å². The van der Waals surface area contributed by atoms with Crippen LogP contribution in [0.1, 0.15) is 24.0 Å². The molecule has 1 aliphatic rings. The lowest BCUT2D eigenvalue weighted by atomic mass is 9.91. The molecule has 146 valence electrons. The fraction of sp³-hybridized carbons (Fsp3) is 0.368. The molecule has 1 heterocycles. The summed E-state index contributed by atoms with van der Waals surface area (Å²) in [5.41, 5.74) is 0.169. The first kappa shape index (κ1) is 20.2. The summed E-state index contributed by atoms with van der Waals surface area (Å²) in [5, 5.41) is 0.198. The van der Waals surface area contributed by atoms with Gasteiger partial charge in [0.2, 0.25) is 10.0 Å². The summed E-state index contributed by atoms with van der Waals surface area (Å²) in [7, 11) is -3.63. The predicted octanol–water partition coefficient (Wildman–Crippen LogP) is 5.00. The minimum Gasteiger partial charge on any atom is -0.207 e. The maximum atomic E-state index is 12.7. The lowest BCUT2D eigenvalue weighted by Gasteiger charge is -2.31. The third-order valence-corrected chi connectivity index (χ3v) is 7.23. The second kappa shape index (κ2) is 7.81. The van der Waals surface area contributed by atoms with Crippen LogP contribution in [0, 0.1) is 5.92 Å². The van der Waals surface area contributed by atoms with Crippen molar-refractivity contribution in [3.8, 4) is 0 Å². The smallest absolute Gasteiger partial charge is 0.207 e. The minimum atomic E-state index is -4.34. The van der Waals surface area contributed by atoms with Crippen molar-refractivity contribution in [3.63, 3.8) is 0 Å². The zero-order valence-electron chi connectivity index (χ0n) is 14.4. The number of alkyl halides is 3. The number of hydrogen-bond donors (Lipinski definition) is 0. The summed E-state index contributed by atoms with van der Waals surface area (Å²) < 4.78 is 64.8. The van der Waals surface area contributed by atoms with Crippen molar-refractivity contribution in [2.24, 2.45) is 5.92 Å². The van der Waals surface area contributed by atoms with E-state index in [1.54, 1.807) is 18.2 Å². The van der Waals surface area contributed by atoms with Gasteiger partial charge < -0.3 is 0 Å². The number of hydrogen-bond acceptors (Lipinski definition) is 2. The summed E-state index contributed by atoms with van der Waals surface area (Å²) in [6.07, 6.45) is -2.38. The van der Waals surface area contributed by atoms with Gasteiger partial charge in [-0.1, -0.05) is 35.9 Å². The van der Waals surface area contributed by atoms with E-state index in [-0.39, 0.29) is 15.8 Å². The van der Waals surface area contributed by atoms with Gasteiger partial charge in [-0.25, -0.2) is 8.42 Å². The van der Waals surface area contributed by atoms with Crippen LogP contribution >= 0.6 is 11.6 Å². The Morgan fingerprint density at radius 2 is 1.59 bits per heavy atom. The second-order valence-corrected chi connectivity index (χ2v) is 8.99. The molecule has 0 spiro atoms. The van der Waals surface area contributed by atoms with Crippen molar-refractivity contribution in [1.29, 1.82) is 0 Å². The molecule has 1 aliphatic heterocycles. The van der Waals surface area contributed by atoms with Crippen LogP contribution in [-0.4, -0.2) is 25.8 Å². The van der Waals surface area contributed by atoms with Gasteiger partial charge in [0.15, 0.2) is 0 Å². The monoisotopic (exact) mass is 417 g/mol. The third-order valence-electron chi connectivity index (χ3n) is 4.83. The van der Waals surface area contributed by atoms with Crippen molar-refractivity contribution in [3.05, 3.63) is 64.7 Å². The van der Waals surface area contributed by atoms with Gasteiger partial charge in [0.05, 0.1) is 10.6 Å². The quantitative estimate of drug-likeness (QED) is 0.701. The Labute approximate surface area is 161 Å². The molecule has 0 aromatic heterocycles. The van der Waals surface area contributed by atoms with E-state index in [9.17, 15) is 21.6 Å². The standard InChI is InChI=1S/C19H19ClF3NO2S/c20-17-3-1-2-4-18(17)27(25,26)24-11-9-15(10-12-24)13-14-5-7-16(8-6-14)19(21,22)23/h1-8,15H,9-13H2. The molecule has 0 bridgehead atoms. The molecule has 0 N–H and O–H groups in total. The molecule has 2 aromatic carbocycles. The highest BCUT2D eigenvalue weighted by Crippen LogP contribution is 2.31. The van der Waals surface area contributed by atoms with E-state index in [2.05, 4.69) is 0 Å². The topological polar surface area (TPSA) is 37.4 Å². The molecular weight excluding hydrogens is 399 g/mol. The second-order valence-electron chi connectivity index (χ2n) is 6.68. The summed E-state index contributed by atoms with van der Waals surface area (Å²) >= 11 is 6.02. The predicted molar refractivity (Wildman–Crippen MR) is 98.1 cm³/mol. The molecule has 3 rings (SSSR count). The summed E-state index contributed by atoms with van der Waals surface area (Å²) in [4.78, 5) is 0.104. The van der Waals surface area contributed by atoms with Crippen molar-refractivity contribution in [1.82, 2.24) is 4.31 Å². The molecule has 0 unspecified atom stereocenters. The van der Waals surface area contributed by atoms with Crippen LogP contribution in [0.4, 0.5) is 13.2 Å². The molecule has 0 amide bonds. The maximum Gasteiger partial charge on any atom is 0.416 e. The number of halogens is 4. The Morgan fingerprint density at radius 3 is 2.15 bits per heavy atom. The van der Waals surface area contributed by atoms with Gasteiger partial charge in [-0.15, -0.1) is 0 Å². The van der Waals surface area contributed by atoms with Crippen LogP contribution in [0.3, 0.4) is 0 Å². The highest BCUT2D eigenvalue weighted by Gasteiger charge is 2.32. The molecular formula is C19H19ClF3NO2S. The average molecular weight is 418 g/mol. The van der Waals surface area contributed by atoms with Gasteiger partial charge in [-0.2, -0.15) is 17.5 Å². The Bertz CT molecular complexity index is 890. The number of nitrogens with zero attached hydrogens (tertiary/aromatic N) is 1. The van der Waals surface area contributed by atoms with Crippen LogP contribution < -0.4 is 0 Å². The largest absolute Gasteiger partial charge is 0.416 e. The van der Waals surface area contributed by atoms with E-state index in [0.717, 1.165) is 17.7 Å². The first-order valence-electron chi connectivity index (χ1n) is 8.59. The Kier molecular flexibility index (Phi) is 5.84. The molecule has 0 radical (unpaired) electrons. The van der Waals surface area contributed by atoms with Gasteiger partial charge in [-0.3, -0.25) is 0 Å². The van der Waals surface area contributed by atoms with Gasteiger partial charge in [0.1, 0.15) is 4.90 Å². The number of benzene rings is 2. The molecule has 0 aliphatic carbocycles. The highest BCUT2D eigenvalue weighted by atomic mass is 35.5. The first-order valence-corrected chi connectivity index (χ1v) is 10.4. The lowest BCUT2D eigenvalue weighted by Crippen LogP contribution is -2.39. The molecule has 0 saturated carbocycles. The third kappa shape index (κ3) is 4.65. The van der Waals surface area contributed by atoms with Crippen LogP contribution in [0.2, 0.25) is 5.02 Å². The fourth-order valence-corrected chi connectivity index (χ4v) is 5.27. The summed E-state index contributed by atoms with van der Waals surface area (Å²) in [6.45, 7) is 0.748. The van der Waals surface area contributed by atoms with E-state index >= 15 is 0 Å². The van der Waals surface area contributed by atoms with E-state index < -0.39 is 21.8 Å². The lowest BCUT2D eigenvalue weighted by molar-refractivity contribution is -0.137. The van der Waals surface area contributed by atoms with Gasteiger partial charge in [-0.05, 0) is 55.0 Å². The van der Waals surface area contributed by atoms with Crippen LogP contribution in [0.25, 0.3) is 0 Å². The number of piperidine rings is 1. The summed E-state index contributed by atoms with van der Waals surface area (Å²) in [6, 6.07) is 11.5. The van der Waals surface area contributed by atoms with Crippen LogP contribution in [-0.2, 0) is 22.6 Å². The molecule has 8 heteroatoms. The average Bonchev–Trinajstić information content (AvgIpc) is 2.62. The molecule has 1 fully saturated rings. The molecule has 3 nitrogen and oxygen atoms in total. The fourth-order valence-electron chi connectivity index (χ4n) is 3.31.